The number of nitrogens with zero attached hydrogens (tertiary/aromatic N) is 4. The van der Waals surface area contributed by atoms with Gasteiger partial charge in [-0.15, -0.1) is 0 Å². The number of anilines is 2. The smallest absolute Gasteiger partial charge is 0.416 e. The predicted molar refractivity (Wildman–Crippen MR) is 97.3 cm³/mol. The molecule has 12 heteroatoms. The van der Waals surface area contributed by atoms with E-state index in [1.807, 2.05) is 4.90 Å². The fourth-order valence-corrected chi connectivity index (χ4v) is 3.22. The molecule has 1 aliphatic heterocycles. The van der Waals surface area contributed by atoms with E-state index in [4.69, 9.17) is 0 Å². The first-order valence-corrected chi connectivity index (χ1v) is 8.41. The van der Waals surface area contributed by atoms with Crippen molar-refractivity contribution in [1.82, 2.24) is 0 Å². The van der Waals surface area contributed by atoms with E-state index < -0.39 is 38.6 Å². The molecule has 0 bridgehead atoms. The molecule has 0 aliphatic carbocycles. The fourth-order valence-electron chi connectivity index (χ4n) is 3.22. The quantitative estimate of drug-likeness (QED) is 0.603. The summed E-state index contributed by atoms with van der Waals surface area (Å²) in [6, 6.07) is 6.99. The van der Waals surface area contributed by atoms with Gasteiger partial charge in [-0.3, -0.25) is 20.2 Å². The highest BCUT2D eigenvalue weighted by Crippen LogP contribution is 2.43. The van der Waals surface area contributed by atoms with Gasteiger partial charge in [-0.05, 0) is 24.3 Å². The highest BCUT2D eigenvalue weighted by Gasteiger charge is 2.39. The third kappa shape index (κ3) is 4.15. The van der Waals surface area contributed by atoms with Gasteiger partial charge in [0.25, 0.3) is 11.4 Å². The van der Waals surface area contributed by atoms with Crippen molar-refractivity contribution >= 4 is 22.7 Å². The summed E-state index contributed by atoms with van der Waals surface area (Å²) in [5, 5.41) is 32.1. The number of piperazine rings is 1. The maximum absolute atomic E-state index is 13.0. The summed E-state index contributed by atoms with van der Waals surface area (Å²) in [7, 11) is 0. The number of benzene rings is 2. The van der Waals surface area contributed by atoms with Crippen LogP contribution in [0.4, 0.5) is 35.9 Å². The van der Waals surface area contributed by atoms with Crippen LogP contribution in [-0.4, -0.2) is 41.1 Å². The molecule has 2 aromatic rings. The number of halogens is 3. The van der Waals surface area contributed by atoms with Gasteiger partial charge in [0.15, 0.2) is 5.69 Å². The van der Waals surface area contributed by atoms with Gasteiger partial charge < -0.3 is 14.9 Å². The summed E-state index contributed by atoms with van der Waals surface area (Å²) in [4.78, 5) is 24.0. The molecule has 9 nitrogen and oxygen atoms in total. The van der Waals surface area contributed by atoms with Gasteiger partial charge in [-0.25, -0.2) is 0 Å². The van der Waals surface area contributed by atoms with Crippen molar-refractivity contribution in [3.8, 4) is 5.75 Å². The predicted octanol–water partition coefficient (Wildman–Crippen LogP) is 3.55. The zero-order chi connectivity index (χ0) is 21.3. The van der Waals surface area contributed by atoms with Crippen LogP contribution in [-0.2, 0) is 6.18 Å². The van der Waals surface area contributed by atoms with Crippen LogP contribution in [0.1, 0.15) is 5.56 Å². The van der Waals surface area contributed by atoms with Gasteiger partial charge in [0.05, 0.1) is 15.4 Å². The first-order chi connectivity index (χ1) is 13.6. The van der Waals surface area contributed by atoms with Crippen LogP contribution in [0.15, 0.2) is 36.4 Å². The zero-order valence-electron chi connectivity index (χ0n) is 14.8. The van der Waals surface area contributed by atoms with Crippen molar-refractivity contribution in [2.75, 3.05) is 36.0 Å². The molecule has 0 radical (unpaired) electrons. The van der Waals surface area contributed by atoms with E-state index in [9.17, 15) is 38.5 Å². The molecular formula is C17H15F3N4O5. The zero-order valence-corrected chi connectivity index (χ0v) is 14.8. The number of nitro groups is 2. The molecule has 2 aromatic carbocycles. The summed E-state index contributed by atoms with van der Waals surface area (Å²) in [5.74, 6) is 0.0865. The molecule has 1 saturated heterocycles. The van der Waals surface area contributed by atoms with E-state index >= 15 is 0 Å². The van der Waals surface area contributed by atoms with Gasteiger partial charge in [-0.1, -0.05) is 0 Å². The summed E-state index contributed by atoms with van der Waals surface area (Å²) in [6.45, 7) is 0.933. The van der Waals surface area contributed by atoms with Crippen LogP contribution in [0.25, 0.3) is 0 Å². The number of alkyl halides is 3. The molecule has 0 atom stereocenters. The van der Waals surface area contributed by atoms with Crippen LogP contribution in [0.5, 0.6) is 5.75 Å². The molecule has 1 fully saturated rings. The molecule has 3 rings (SSSR count). The number of nitro benzene ring substituents is 2. The van der Waals surface area contributed by atoms with Crippen molar-refractivity contribution in [3.63, 3.8) is 0 Å². The highest BCUT2D eigenvalue weighted by atomic mass is 19.4. The normalized spacial score (nSPS) is 14.7. The van der Waals surface area contributed by atoms with Crippen LogP contribution >= 0.6 is 0 Å². The molecule has 1 aliphatic rings. The molecule has 0 saturated carbocycles. The van der Waals surface area contributed by atoms with Crippen molar-refractivity contribution in [1.29, 1.82) is 0 Å². The van der Waals surface area contributed by atoms with Gasteiger partial charge >= 0.3 is 6.18 Å². The molecule has 1 heterocycles. The molecule has 0 unspecified atom stereocenters. The van der Waals surface area contributed by atoms with E-state index in [1.165, 1.54) is 17.0 Å². The number of hydrogen-bond donors (Lipinski definition) is 1. The summed E-state index contributed by atoms with van der Waals surface area (Å²) < 4.78 is 39.1. The summed E-state index contributed by atoms with van der Waals surface area (Å²) in [5.41, 5.74) is -3.01. The second-order valence-electron chi connectivity index (χ2n) is 6.37. The lowest BCUT2D eigenvalue weighted by Crippen LogP contribution is -2.46. The van der Waals surface area contributed by atoms with Crippen molar-refractivity contribution in [2.45, 2.75) is 6.18 Å². The molecule has 1 N–H and O–H groups in total. The van der Waals surface area contributed by atoms with Gasteiger partial charge in [0, 0.05) is 44.0 Å². The van der Waals surface area contributed by atoms with Gasteiger partial charge in [-0.2, -0.15) is 13.2 Å². The van der Waals surface area contributed by atoms with Crippen LogP contribution < -0.4 is 9.80 Å². The van der Waals surface area contributed by atoms with E-state index in [1.54, 1.807) is 12.1 Å². The highest BCUT2D eigenvalue weighted by molar-refractivity contribution is 5.77. The number of phenols is 1. The van der Waals surface area contributed by atoms with Crippen LogP contribution in [0.3, 0.4) is 0 Å². The Kier molecular flexibility index (Phi) is 5.18. The molecule has 154 valence electrons. The average Bonchev–Trinajstić information content (AvgIpc) is 2.67. The average molecular weight is 412 g/mol. The van der Waals surface area contributed by atoms with Gasteiger partial charge in [0.2, 0.25) is 0 Å². The molecular weight excluding hydrogens is 397 g/mol. The Bertz CT molecular complexity index is 906. The number of hydrogen-bond acceptors (Lipinski definition) is 7. The minimum atomic E-state index is -4.95. The second kappa shape index (κ2) is 7.45. The standard InChI is InChI=1S/C17H15F3N4O5/c18-17(19,20)11-9-14(23(26)27)16(15(10-11)24(28)29)22-7-5-21(6-8-22)12-1-3-13(25)4-2-12/h1-4,9-10,25H,5-8H2. The Labute approximate surface area is 161 Å². The lowest BCUT2D eigenvalue weighted by molar-refractivity contribution is -0.393. The molecule has 0 spiro atoms. The van der Waals surface area contributed by atoms with E-state index in [0.29, 0.717) is 25.2 Å². The minimum absolute atomic E-state index is 0.0865. The van der Waals surface area contributed by atoms with Crippen molar-refractivity contribution < 1.29 is 28.1 Å². The lowest BCUT2D eigenvalue weighted by atomic mass is 10.1. The summed E-state index contributed by atoms with van der Waals surface area (Å²) in [6.07, 6.45) is -4.95. The maximum atomic E-state index is 13.0. The first-order valence-electron chi connectivity index (χ1n) is 8.41. The first kappa shape index (κ1) is 20.2. The number of rotatable bonds is 4. The van der Waals surface area contributed by atoms with Crippen molar-refractivity contribution in [3.05, 3.63) is 62.2 Å². The lowest BCUT2D eigenvalue weighted by Gasteiger charge is -2.36. The monoisotopic (exact) mass is 412 g/mol. The number of aromatic hydroxyl groups is 1. The summed E-state index contributed by atoms with van der Waals surface area (Å²) >= 11 is 0. The molecule has 0 amide bonds. The van der Waals surface area contributed by atoms with E-state index in [2.05, 4.69) is 0 Å². The van der Waals surface area contributed by atoms with Crippen molar-refractivity contribution in [2.24, 2.45) is 0 Å². The SMILES string of the molecule is O=[N+]([O-])c1cc(C(F)(F)F)cc([N+](=O)[O-])c1N1CCN(c2ccc(O)cc2)CC1. The third-order valence-electron chi connectivity index (χ3n) is 4.60. The fraction of sp³-hybridized carbons (Fsp3) is 0.294. The Morgan fingerprint density at radius 2 is 1.31 bits per heavy atom. The minimum Gasteiger partial charge on any atom is -0.508 e. The largest absolute Gasteiger partial charge is 0.508 e. The van der Waals surface area contributed by atoms with Crippen LogP contribution in [0.2, 0.25) is 0 Å². The molecule has 29 heavy (non-hydrogen) atoms. The van der Waals surface area contributed by atoms with Gasteiger partial charge in [0.1, 0.15) is 5.75 Å². The maximum Gasteiger partial charge on any atom is 0.416 e. The third-order valence-corrected chi connectivity index (χ3v) is 4.60. The Morgan fingerprint density at radius 3 is 1.72 bits per heavy atom. The van der Waals surface area contributed by atoms with E-state index in [-0.39, 0.29) is 18.8 Å². The van der Waals surface area contributed by atoms with E-state index in [0.717, 1.165) is 5.69 Å². The second-order valence-corrected chi connectivity index (χ2v) is 6.37. The Hall–Kier alpha value is -3.57. The Morgan fingerprint density at radius 1 is 0.862 bits per heavy atom. The topological polar surface area (TPSA) is 113 Å². The van der Waals surface area contributed by atoms with Crippen LogP contribution in [0, 0.1) is 20.2 Å². The molecule has 0 aromatic heterocycles. The number of phenolic OH excluding ortho intramolecular Hbond substituents is 1. The Balaban J connectivity index is 1.95.